The molecule has 2 heteroatoms. The molecule has 0 aliphatic carbocycles. The maximum Gasteiger partial charge on any atom is 0.0414 e. The zero-order valence-electron chi connectivity index (χ0n) is 7.01. The molecule has 0 aromatic carbocycles. The first-order chi connectivity index (χ1) is 5.27. The van der Waals surface area contributed by atoms with E-state index >= 15 is 0 Å². The van der Waals surface area contributed by atoms with Gasteiger partial charge in [0.1, 0.15) is 0 Å². The van der Waals surface area contributed by atoms with Crippen LogP contribution in [0.5, 0.6) is 0 Å². The van der Waals surface area contributed by atoms with E-state index in [2.05, 4.69) is 19.1 Å². The van der Waals surface area contributed by atoms with E-state index in [0.29, 0.717) is 0 Å². The third-order valence-electron chi connectivity index (χ3n) is 1.40. The van der Waals surface area contributed by atoms with Gasteiger partial charge in [-0.15, -0.1) is 0 Å². The van der Waals surface area contributed by atoms with E-state index < -0.39 is 5.97 Å². The molecule has 0 unspecified atom stereocenters. The number of aliphatic carboxylic acids is 1. The summed E-state index contributed by atoms with van der Waals surface area (Å²) >= 11 is 0. The van der Waals surface area contributed by atoms with Crippen LogP contribution in [0.15, 0.2) is 12.2 Å². The van der Waals surface area contributed by atoms with Gasteiger partial charge in [-0.1, -0.05) is 19.1 Å². The van der Waals surface area contributed by atoms with Gasteiger partial charge in [-0.05, 0) is 32.1 Å². The number of carbonyl (C=O) groups is 1. The van der Waals surface area contributed by atoms with Crippen LogP contribution >= 0.6 is 0 Å². The molecule has 2 nitrogen and oxygen atoms in total. The Balaban J connectivity index is 3.02. The van der Waals surface area contributed by atoms with Crippen LogP contribution in [0.4, 0.5) is 0 Å². The first-order valence-electron chi connectivity index (χ1n) is 4.12. The summed E-state index contributed by atoms with van der Waals surface area (Å²) in [6.07, 6.45) is 8.11. The summed E-state index contributed by atoms with van der Waals surface area (Å²) in [5, 5.41) is 9.96. The number of hydrogen-bond acceptors (Lipinski definition) is 2. The average Bonchev–Trinajstić information content (AvgIpc) is 1.96. The van der Waals surface area contributed by atoms with Crippen molar-refractivity contribution in [2.24, 2.45) is 0 Å². The van der Waals surface area contributed by atoms with Crippen LogP contribution in [-0.4, -0.2) is 5.97 Å². The lowest BCUT2D eigenvalue weighted by atomic mass is 10.2. The molecule has 0 aromatic rings. The van der Waals surface area contributed by atoms with Crippen molar-refractivity contribution in [2.45, 2.75) is 39.0 Å². The lowest BCUT2D eigenvalue weighted by Gasteiger charge is -1.98. The summed E-state index contributed by atoms with van der Waals surface area (Å²) in [6.45, 7) is 2.08. The largest absolute Gasteiger partial charge is 0.550 e. The molecule has 11 heavy (non-hydrogen) atoms. The molecule has 0 aliphatic heterocycles. The minimum Gasteiger partial charge on any atom is -0.550 e. The van der Waals surface area contributed by atoms with Gasteiger partial charge in [-0.3, -0.25) is 0 Å². The first kappa shape index (κ1) is 10.2. The molecule has 0 saturated heterocycles. The third-order valence-corrected chi connectivity index (χ3v) is 1.40. The lowest BCUT2D eigenvalue weighted by Crippen LogP contribution is -2.21. The normalized spacial score (nSPS) is 10.6. The molecule has 0 bridgehead atoms. The molecule has 0 radical (unpaired) electrons. The SMILES string of the molecule is CC/C=C/CCCCC(=O)[O-]. The van der Waals surface area contributed by atoms with Gasteiger partial charge in [0.05, 0.1) is 0 Å². The average molecular weight is 155 g/mol. The predicted octanol–water partition coefficient (Wildman–Crippen LogP) is 1.26. The van der Waals surface area contributed by atoms with E-state index in [9.17, 15) is 9.90 Å². The Labute approximate surface area is 67.9 Å². The Morgan fingerprint density at radius 3 is 2.64 bits per heavy atom. The van der Waals surface area contributed by atoms with Crippen molar-refractivity contribution in [1.29, 1.82) is 0 Å². The summed E-state index contributed by atoms with van der Waals surface area (Å²) in [5.74, 6) is -0.940. The van der Waals surface area contributed by atoms with E-state index in [1.165, 1.54) is 0 Å². The van der Waals surface area contributed by atoms with E-state index in [1.807, 2.05) is 0 Å². The van der Waals surface area contributed by atoms with Crippen molar-refractivity contribution in [3.05, 3.63) is 12.2 Å². The maximum absolute atomic E-state index is 9.96. The topological polar surface area (TPSA) is 40.1 Å². The minimum absolute atomic E-state index is 0.194. The fourth-order valence-electron chi connectivity index (χ4n) is 0.816. The highest BCUT2D eigenvalue weighted by atomic mass is 16.4. The fraction of sp³-hybridized carbons (Fsp3) is 0.667. The summed E-state index contributed by atoms with van der Waals surface area (Å²) in [5.41, 5.74) is 0. The molecule has 64 valence electrons. The maximum atomic E-state index is 9.96. The molecule has 0 saturated carbocycles. The lowest BCUT2D eigenvalue weighted by molar-refractivity contribution is -0.305. The van der Waals surface area contributed by atoms with Crippen molar-refractivity contribution in [3.8, 4) is 0 Å². The summed E-state index contributed by atoms with van der Waals surface area (Å²) in [7, 11) is 0. The number of rotatable bonds is 6. The number of carboxylic acid groups (broad SMARTS) is 1. The van der Waals surface area contributed by atoms with Crippen molar-refractivity contribution in [2.75, 3.05) is 0 Å². The number of hydrogen-bond donors (Lipinski definition) is 0. The Kier molecular flexibility index (Phi) is 6.79. The van der Waals surface area contributed by atoms with Gasteiger partial charge in [0.25, 0.3) is 0 Å². The zero-order valence-corrected chi connectivity index (χ0v) is 7.01. The van der Waals surface area contributed by atoms with Gasteiger partial charge in [0.15, 0.2) is 0 Å². The fourth-order valence-corrected chi connectivity index (χ4v) is 0.816. The van der Waals surface area contributed by atoms with E-state index in [4.69, 9.17) is 0 Å². The molecular weight excluding hydrogens is 140 g/mol. The number of carbonyl (C=O) groups excluding carboxylic acids is 1. The van der Waals surface area contributed by atoms with Gasteiger partial charge < -0.3 is 9.90 Å². The molecule has 0 heterocycles. The highest BCUT2D eigenvalue weighted by Crippen LogP contribution is 1.99. The van der Waals surface area contributed by atoms with E-state index in [0.717, 1.165) is 25.7 Å². The van der Waals surface area contributed by atoms with E-state index in [1.54, 1.807) is 0 Å². The third kappa shape index (κ3) is 9.21. The van der Waals surface area contributed by atoms with Gasteiger partial charge in [-0.2, -0.15) is 0 Å². The van der Waals surface area contributed by atoms with Crippen LogP contribution < -0.4 is 5.11 Å². The van der Waals surface area contributed by atoms with Crippen LogP contribution in [0.2, 0.25) is 0 Å². The number of allylic oxidation sites excluding steroid dienone is 2. The highest BCUT2D eigenvalue weighted by Gasteiger charge is 1.86. The van der Waals surface area contributed by atoms with Crippen molar-refractivity contribution < 1.29 is 9.90 Å². The Bertz CT molecular complexity index is 128. The molecule has 0 atom stereocenters. The van der Waals surface area contributed by atoms with Gasteiger partial charge in [0, 0.05) is 5.97 Å². The molecule has 0 fully saturated rings. The highest BCUT2D eigenvalue weighted by molar-refractivity contribution is 5.64. The number of carboxylic acids is 1. The molecule has 0 amide bonds. The Morgan fingerprint density at radius 2 is 2.09 bits per heavy atom. The van der Waals surface area contributed by atoms with Gasteiger partial charge in [-0.25, -0.2) is 0 Å². The van der Waals surface area contributed by atoms with Crippen molar-refractivity contribution in [3.63, 3.8) is 0 Å². The molecule has 0 rings (SSSR count). The molecule has 0 spiro atoms. The second-order valence-electron chi connectivity index (χ2n) is 2.50. The van der Waals surface area contributed by atoms with Crippen LogP contribution in [0, 0.1) is 0 Å². The molecule has 0 aliphatic rings. The standard InChI is InChI=1S/C9H16O2/c1-2-3-4-5-6-7-8-9(10)11/h3-4H,2,5-8H2,1H3,(H,10,11)/p-1/b4-3+. The van der Waals surface area contributed by atoms with Crippen LogP contribution in [0.1, 0.15) is 39.0 Å². The summed E-state index contributed by atoms with van der Waals surface area (Å²) in [4.78, 5) is 9.96. The smallest absolute Gasteiger partial charge is 0.0414 e. The molecular formula is C9H15O2-. The summed E-state index contributed by atoms with van der Waals surface area (Å²) in [6, 6.07) is 0. The van der Waals surface area contributed by atoms with E-state index in [-0.39, 0.29) is 6.42 Å². The monoisotopic (exact) mass is 155 g/mol. The summed E-state index contributed by atoms with van der Waals surface area (Å²) < 4.78 is 0. The zero-order chi connectivity index (χ0) is 8.53. The second kappa shape index (κ2) is 7.32. The molecule has 0 aromatic heterocycles. The number of unbranched alkanes of at least 4 members (excludes halogenated alkanes) is 2. The predicted molar refractivity (Wildman–Crippen MR) is 42.9 cm³/mol. The van der Waals surface area contributed by atoms with Gasteiger partial charge in [0.2, 0.25) is 0 Å². The first-order valence-corrected chi connectivity index (χ1v) is 4.12. The quantitative estimate of drug-likeness (QED) is 0.428. The Hall–Kier alpha value is -0.790. The van der Waals surface area contributed by atoms with Crippen molar-refractivity contribution >= 4 is 5.97 Å². The molecule has 0 N–H and O–H groups in total. The van der Waals surface area contributed by atoms with Crippen LogP contribution in [0.25, 0.3) is 0 Å². The van der Waals surface area contributed by atoms with Crippen LogP contribution in [-0.2, 0) is 4.79 Å². The van der Waals surface area contributed by atoms with Crippen LogP contribution in [0.3, 0.4) is 0 Å². The Morgan fingerprint density at radius 1 is 1.36 bits per heavy atom. The minimum atomic E-state index is -0.940. The van der Waals surface area contributed by atoms with Crippen molar-refractivity contribution in [1.82, 2.24) is 0 Å². The second-order valence-corrected chi connectivity index (χ2v) is 2.50. The van der Waals surface area contributed by atoms with Gasteiger partial charge >= 0.3 is 0 Å².